The first kappa shape index (κ1) is 21.1. The molecule has 2 N–H and O–H groups in total. The summed E-state index contributed by atoms with van der Waals surface area (Å²) in [6, 6.07) is 20.0. The van der Waals surface area contributed by atoms with Crippen molar-refractivity contribution >= 4 is 22.5 Å². The Balaban J connectivity index is 1.54. The van der Waals surface area contributed by atoms with E-state index in [1.807, 2.05) is 55.5 Å². The number of nitrogens with zero attached hydrogens (tertiary/aromatic N) is 3. The number of rotatable bonds is 5. The van der Waals surface area contributed by atoms with Crippen LogP contribution in [0.2, 0.25) is 5.02 Å². The largest absolute Gasteiger partial charge is 0.394 e. The molecule has 6 nitrogen and oxygen atoms in total. The van der Waals surface area contributed by atoms with E-state index in [4.69, 9.17) is 11.6 Å². The van der Waals surface area contributed by atoms with E-state index >= 15 is 0 Å². The molecule has 0 saturated carbocycles. The third-order valence-corrected chi connectivity index (χ3v) is 6.03. The first-order valence-electron chi connectivity index (χ1n) is 10.5. The van der Waals surface area contributed by atoms with E-state index in [0.29, 0.717) is 5.02 Å². The Bertz CT molecular complexity index is 1510. The quantitative estimate of drug-likeness (QED) is 0.390. The van der Waals surface area contributed by atoms with Crippen LogP contribution in [0, 0.1) is 6.92 Å². The summed E-state index contributed by atoms with van der Waals surface area (Å²) in [6.07, 6.45) is 3.49. The molecule has 3 aromatic heterocycles. The summed E-state index contributed by atoms with van der Waals surface area (Å²) >= 11 is 5.98. The van der Waals surface area contributed by atoms with Gasteiger partial charge < -0.3 is 9.67 Å². The number of pyridine rings is 2. The molecule has 5 rings (SSSR count). The summed E-state index contributed by atoms with van der Waals surface area (Å²) in [4.78, 5) is 17.3. The Hall–Kier alpha value is -3.74. The first-order valence-corrected chi connectivity index (χ1v) is 10.9. The zero-order valence-electron chi connectivity index (χ0n) is 17.9. The Morgan fingerprint density at radius 2 is 1.79 bits per heavy atom. The number of halogens is 1. The summed E-state index contributed by atoms with van der Waals surface area (Å²) in [5.41, 5.74) is 5.98. The lowest BCUT2D eigenvalue weighted by atomic mass is 10.0. The second-order valence-electron chi connectivity index (χ2n) is 7.93. The fraction of sp³-hybridized carbons (Fsp3) is 0.115. The molecule has 164 valence electrons. The van der Waals surface area contributed by atoms with Crippen LogP contribution >= 0.6 is 11.6 Å². The van der Waals surface area contributed by atoms with E-state index in [1.165, 1.54) is 4.57 Å². The van der Waals surface area contributed by atoms with Gasteiger partial charge in [-0.3, -0.25) is 14.9 Å². The minimum Gasteiger partial charge on any atom is -0.394 e. The van der Waals surface area contributed by atoms with Crippen molar-refractivity contribution in [1.29, 1.82) is 0 Å². The molecule has 5 aromatic rings. The molecule has 0 aliphatic rings. The topological polar surface area (TPSA) is 83.8 Å². The number of aromatic nitrogens is 4. The molecule has 2 aromatic carbocycles. The van der Waals surface area contributed by atoms with Gasteiger partial charge >= 0.3 is 0 Å². The molecule has 0 saturated heterocycles. The van der Waals surface area contributed by atoms with Crippen molar-refractivity contribution in [3.63, 3.8) is 0 Å². The van der Waals surface area contributed by atoms with Crippen molar-refractivity contribution in [2.24, 2.45) is 0 Å². The fourth-order valence-corrected chi connectivity index (χ4v) is 4.20. The number of hydrogen-bond donors (Lipinski definition) is 2. The van der Waals surface area contributed by atoms with Crippen molar-refractivity contribution in [1.82, 2.24) is 19.7 Å². The van der Waals surface area contributed by atoms with Crippen molar-refractivity contribution in [3.05, 3.63) is 106 Å². The fourth-order valence-electron chi connectivity index (χ4n) is 4.07. The minimum atomic E-state index is -0.485. The number of hydrogen-bond acceptors (Lipinski definition) is 4. The standard InChI is InChI=1S/C26H21ClN4O2/c1-16-12-20(8-10-28-16)26-22-13-18(4-7-23(22)29-30-26)19-9-11-31(25(33)14-19)24(15-32)17-2-5-21(27)6-3-17/h2-14,24,32H,15H2,1H3,(H,29,30)/t24-/m1/s1. The van der Waals surface area contributed by atoms with Crippen molar-refractivity contribution in [2.75, 3.05) is 6.61 Å². The monoisotopic (exact) mass is 456 g/mol. The summed E-state index contributed by atoms with van der Waals surface area (Å²) in [5.74, 6) is 0. The molecular weight excluding hydrogens is 436 g/mol. The highest BCUT2D eigenvalue weighted by Crippen LogP contribution is 2.30. The lowest BCUT2D eigenvalue weighted by Crippen LogP contribution is -2.26. The third-order valence-electron chi connectivity index (χ3n) is 5.78. The highest BCUT2D eigenvalue weighted by molar-refractivity contribution is 6.30. The van der Waals surface area contributed by atoms with Gasteiger partial charge in [0.15, 0.2) is 0 Å². The van der Waals surface area contributed by atoms with E-state index in [0.717, 1.165) is 44.5 Å². The van der Waals surface area contributed by atoms with Gasteiger partial charge in [-0.1, -0.05) is 29.8 Å². The number of aliphatic hydroxyl groups is 1. The van der Waals surface area contributed by atoms with Gasteiger partial charge in [0.2, 0.25) is 0 Å². The molecule has 0 unspecified atom stereocenters. The number of benzene rings is 2. The molecular formula is C26H21ClN4O2. The molecule has 33 heavy (non-hydrogen) atoms. The first-order chi connectivity index (χ1) is 16.0. The van der Waals surface area contributed by atoms with Gasteiger partial charge in [0.05, 0.1) is 18.2 Å². The summed E-state index contributed by atoms with van der Waals surface area (Å²) in [7, 11) is 0. The summed E-state index contributed by atoms with van der Waals surface area (Å²) < 4.78 is 1.54. The van der Waals surface area contributed by atoms with Gasteiger partial charge in [0.1, 0.15) is 5.69 Å². The third kappa shape index (κ3) is 4.06. The highest BCUT2D eigenvalue weighted by atomic mass is 35.5. The number of H-pyrrole nitrogens is 1. The van der Waals surface area contributed by atoms with E-state index < -0.39 is 6.04 Å². The molecule has 1 atom stereocenters. The van der Waals surface area contributed by atoms with Crippen LogP contribution in [-0.4, -0.2) is 31.5 Å². The van der Waals surface area contributed by atoms with Crippen LogP contribution in [0.15, 0.2) is 83.9 Å². The number of fused-ring (bicyclic) bond motifs is 1. The van der Waals surface area contributed by atoms with Crippen LogP contribution in [0.5, 0.6) is 0 Å². The molecule has 0 fully saturated rings. The molecule has 0 spiro atoms. The van der Waals surface area contributed by atoms with Gasteiger partial charge in [-0.05, 0) is 66.1 Å². The van der Waals surface area contributed by atoms with Crippen molar-refractivity contribution in [2.45, 2.75) is 13.0 Å². The number of aryl methyl sites for hydroxylation is 1. The van der Waals surface area contributed by atoms with E-state index in [-0.39, 0.29) is 12.2 Å². The number of nitrogens with one attached hydrogen (secondary N) is 1. The van der Waals surface area contributed by atoms with Gasteiger partial charge in [0, 0.05) is 40.1 Å². The zero-order chi connectivity index (χ0) is 22.9. The molecule has 7 heteroatoms. The number of aliphatic hydroxyl groups excluding tert-OH is 1. The average molecular weight is 457 g/mol. The van der Waals surface area contributed by atoms with Crippen molar-refractivity contribution in [3.8, 4) is 22.4 Å². The van der Waals surface area contributed by atoms with Crippen LogP contribution in [0.1, 0.15) is 17.3 Å². The second kappa shape index (κ2) is 8.65. The SMILES string of the molecule is Cc1cc(-c2n[nH]c3ccc(-c4ccn([C@H](CO)c5ccc(Cl)cc5)c(=O)c4)cc23)ccn1. The van der Waals surface area contributed by atoms with Crippen LogP contribution in [0.25, 0.3) is 33.3 Å². The van der Waals surface area contributed by atoms with Gasteiger partial charge in [-0.25, -0.2) is 0 Å². The molecule has 3 heterocycles. The van der Waals surface area contributed by atoms with E-state index in [1.54, 1.807) is 30.6 Å². The lowest BCUT2D eigenvalue weighted by Gasteiger charge is -2.18. The zero-order valence-corrected chi connectivity index (χ0v) is 18.6. The molecule has 0 radical (unpaired) electrons. The summed E-state index contributed by atoms with van der Waals surface area (Å²) in [5, 5.41) is 19.1. The van der Waals surface area contributed by atoms with Crippen molar-refractivity contribution < 1.29 is 5.11 Å². The second-order valence-corrected chi connectivity index (χ2v) is 8.37. The lowest BCUT2D eigenvalue weighted by molar-refractivity contribution is 0.247. The molecule has 0 aliphatic carbocycles. The Labute approximate surface area is 195 Å². The maximum absolute atomic E-state index is 13.0. The van der Waals surface area contributed by atoms with Gasteiger partial charge in [-0.15, -0.1) is 0 Å². The smallest absolute Gasteiger partial charge is 0.251 e. The van der Waals surface area contributed by atoms with Gasteiger partial charge in [-0.2, -0.15) is 5.10 Å². The van der Waals surface area contributed by atoms with E-state index in [9.17, 15) is 9.90 Å². The van der Waals surface area contributed by atoms with Gasteiger partial charge in [0.25, 0.3) is 5.56 Å². The van der Waals surface area contributed by atoms with Crippen LogP contribution < -0.4 is 5.56 Å². The maximum Gasteiger partial charge on any atom is 0.251 e. The molecule has 0 bridgehead atoms. The number of aromatic amines is 1. The molecule has 0 aliphatic heterocycles. The predicted octanol–water partition coefficient (Wildman–Crippen LogP) is 5.00. The van der Waals surface area contributed by atoms with Crippen LogP contribution in [-0.2, 0) is 0 Å². The summed E-state index contributed by atoms with van der Waals surface area (Å²) in [6.45, 7) is 1.75. The van der Waals surface area contributed by atoms with Crippen LogP contribution in [0.4, 0.5) is 0 Å². The highest BCUT2D eigenvalue weighted by Gasteiger charge is 2.15. The Morgan fingerprint density at radius 1 is 1.00 bits per heavy atom. The van der Waals surface area contributed by atoms with E-state index in [2.05, 4.69) is 15.2 Å². The van der Waals surface area contributed by atoms with Crippen LogP contribution in [0.3, 0.4) is 0 Å². The minimum absolute atomic E-state index is 0.196. The Kier molecular flexibility index (Phi) is 5.54. The Morgan fingerprint density at radius 3 is 2.52 bits per heavy atom. The molecule has 0 amide bonds. The predicted molar refractivity (Wildman–Crippen MR) is 130 cm³/mol. The average Bonchev–Trinajstić information content (AvgIpc) is 3.25. The normalized spacial score (nSPS) is 12.2. The maximum atomic E-state index is 13.0.